The number of anilines is 1. The molecule has 6 nitrogen and oxygen atoms in total. The van der Waals surface area contributed by atoms with Crippen molar-refractivity contribution in [2.75, 3.05) is 5.32 Å². The predicted octanol–water partition coefficient (Wildman–Crippen LogP) is 3.23. The Morgan fingerprint density at radius 3 is 2.88 bits per heavy atom. The molecule has 0 saturated heterocycles. The van der Waals surface area contributed by atoms with Crippen LogP contribution in [0.4, 0.5) is 10.1 Å². The lowest BCUT2D eigenvalue weighted by atomic mass is 10.2. The summed E-state index contributed by atoms with van der Waals surface area (Å²) in [6.45, 7) is 1.46. The lowest BCUT2D eigenvalue weighted by molar-refractivity contribution is -0.116. The maximum absolute atomic E-state index is 13.1. The molecule has 0 aliphatic rings. The third-order valence-corrected chi connectivity index (χ3v) is 4.13. The van der Waals surface area contributed by atoms with Gasteiger partial charge in [0, 0.05) is 11.1 Å². The third kappa shape index (κ3) is 2.73. The summed E-state index contributed by atoms with van der Waals surface area (Å²) in [6, 6.07) is 11.3. The van der Waals surface area contributed by atoms with Gasteiger partial charge in [0.1, 0.15) is 23.5 Å². The number of aromatic nitrogens is 2. The van der Waals surface area contributed by atoms with Gasteiger partial charge >= 0.3 is 0 Å². The van der Waals surface area contributed by atoms with Gasteiger partial charge in [0.25, 0.3) is 5.56 Å². The summed E-state index contributed by atoms with van der Waals surface area (Å²) in [5.74, 6) is -0.796. The van der Waals surface area contributed by atoms with Crippen molar-refractivity contribution < 1.29 is 13.6 Å². The van der Waals surface area contributed by atoms with Crippen molar-refractivity contribution in [3.05, 3.63) is 70.5 Å². The lowest BCUT2D eigenvalue weighted by Gasteiger charge is -2.09. The molecule has 4 rings (SSSR count). The molecule has 0 bridgehead atoms. The van der Waals surface area contributed by atoms with Crippen LogP contribution in [0.25, 0.3) is 22.1 Å². The summed E-state index contributed by atoms with van der Waals surface area (Å²) >= 11 is 0. The van der Waals surface area contributed by atoms with E-state index in [1.165, 1.54) is 29.1 Å². The molecular weight excluding hydrogens is 337 g/mol. The number of rotatable bonds is 3. The summed E-state index contributed by atoms with van der Waals surface area (Å²) in [7, 11) is 0. The van der Waals surface area contributed by atoms with Gasteiger partial charge in [-0.25, -0.2) is 9.37 Å². The lowest BCUT2D eigenvalue weighted by Crippen LogP contribution is -2.27. The maximum Gasteiger partial charge on any atom is 0.297 e. The van der Waals surface area contributed by atoms with Crippen molar-refractivity contribution in [3.8, 4) is 0 Å². The largest absolute Gasteiger partial charge is 0.448 e. The second-order valence-corrected chi connectivity index (χ2v) is 5.96. The topological polar surface area (TPSA) is 77.1 Å². The first kappa shape index (κ1) is 16.0. The van der Waals surface area contributed by atoms with E-state index in [2.05, 4.69) is 10.3 Å². The molecule has 0 atom stereocenters. The highest BCUT2D eigenvalue weighted by Gasteiger charge is 2.15. The highest BCUT2D eigenvalue weighted by Crippen LogP contribution is 2.24. The summed E-state index contributed by atoms with van der Waals surface area (Å²) in [4.78, 5) is 29.1. The molecule has 2 aromatic carbocycles. The summed E-state index contributed by atoms with van der Waals surface area (Å²) in [6.07, 6.45) is 1.32. The first-order chi connectivity index (χ1) is 12.5. The second kappa shape index (κ2) is 6.11. The molecule has 4 aromatic rings. The van der Waals surface area contributed by atoms with E-state index < -0.39 is 11.5 Å². The fourth-order valence-corrected chi connectivity index (χ4v) is 2.84. The number of carbonyl (C=O) groups excluding carboxylic acids is 1. The quantitative estimate of drug-likeness (QED) is 0.615. The van der Waals surface area contributed by atoms with Gasteiger partial charge < -0.3 is 9.73 Å². The second-order valence-electron chi connectivity index (χ2n) is 5.96. The maximum atomic E-state index is 13.1. The molecule has 2 heterocycles. The van der Waals surface area contributed by atoms with Gasteiger partial charge in [-0.2, -0.15) is 0 Å². The van der Waals surface area contributed by atoms with Crippen LogP contribution in [0.5, 0.6) is 0 Å². The van der Waals surface area contributed by atoms with E-state index in [4.69, 9.17) is 4.42 Å². The zero-order valence-corrected chi connectivity index (χ0v) is 13.8. The molecule has 26 heavy (non-hydrogen) atoms. The Hall–Kier alpha value is -3.48. The van der Waals surface area contributed by atoms with E-state index in [0.717, 1.165) is 5.39 Å². The standard InChI is InChI=1S/C19H14FN3O3/c1-11-8-12(20)6-7-14(11)22-16(24)9-23-10-21-17-13-4-2-3-5-15(13)26-18(17)19(23)25/h2-8,10H,9H2,1H3,(H,22,24). The van der Waals surface area contributed by atoms with E-state index in [1.807, 2.05) is 18.2 Å². The van der Waals surface area contributed by atoms with Crippen molar-refractivity contribution in [2.24, 2.45) is 0 Å². The molecule has 2 aromatic heterocycles. The predicted molar refractivity (Wildman–Crippen MR) is 95.5 cm³/mol. The average molecular weight is 351 g/mol. The van der Waals surface area contributed by atoms with Gasteiger partial charge in [-0.05, 0) is 42.8 Å². The Balaban J connectivity index is 1.64. The van der Waals surface area contributed by atoms with Crippen molar-refractivity contribution >= 4 is 33.7 Å². The van der Waals surface area contributed by atoms with Crippen molar-refractivity contribution in [1.82, 2.24) is 9.55 Å². The van der Waals surface area contributed by atoms with Crippen LogP contribution < -0.4 is 10.9 Å². The number of halogens is 1. The number of benzene rings is 2. The van der Waals surface area contributed by atoms with Gasteiger partial charge in [-0.3, -0.25) is 14.2 Å². The first-order valence-corrected chi connectivity index (χ1v) is 7.95. The number of amides is 1. The van der Waals surface area contributed by atoms with Crippen LogP contribution in [0.1, 0.15) is 5.56 Å². The van der Waals surface area contributed by atoms with E-state index in [1.54, 1.807) is 13.0 Å². The minimum absolute atomic E-state index is 0.111. The van der Waals surface area contributed by atoms with E-state index in [9.17, 15) is 14.0 Å². The number of hydrogen-bond acceptors (Lipinski definition) is 4. The van der Waals surface area contributed by atoms with Crippen LogP contribution in [-0.4, -0.2) is 15.5 Å². The minimum Gasteiger partial charge on any atom is -0.448 e. The summed E-state index contributed by atoms with van der Waals surface area (Å²) < 4.78 is 19.9. The number of nitrogens with one attached hydrogen (secondary N) is 1. The van der Waals surface area contributed by atoms with E-state index in [-0.39, 0.29) is 17.9 Å². The number of hydrogen-bond donors (Lipinski definition) is 1. The number of carbonyl (C=O) groups is 1. The average Bonchev–Trinajstić information content (AvgIpc) is 2.99. The SMILES string of the molecule is Cc1cc(F)ccc1NC(=O)Cn1cnc2c(oc3ccccc32)c1=O. The first-order valence-electron chi connectivity index (χ1n) is 7.95. The Bertz CT molecular complexity index is 1210. The monoisotopic (exact) mass is 351 g/mol. The number of furan rings is 1. The van der Waals surface area contributed by atoms with E-state index in [0.29, 0.717) is 22.4 Å². The number of aryl methyl sites for hydroxylation is 1. The van der Waals surface area contributed by atoms with Crippen LogP contribution in [0.3, 0.4) is 0 Å². The normalized spacial score (nSPS) is 11.2. The molecule has 0 radical (unpaired) electrons. The fraction of sp³-hybridized carbons (Fsp3) is 0.105. The van der Waals surface area contributed by atoms with Crippen molar-refractivity contribution in [1.29, 1.82) is 0 Å². The molecule has 0 aliphatic carbocycles. The third-order valence-electron chi connectivity index (χ3n) is 4.13. The van der Waals surface area contributed by atoms with Crippen LogP contribution in [-0.2, 0) is 11.3 Å². The zero-order chi connectivity index (χ0) is 18.3. The molecule has 7 heteroatoms. The minimum atomic E-state index is -0.433. The molecule has 1 N–H and O–H groups in total. The molecule has 0 saturated carbocycles. The zero-order valence-electron chi connectivity index (χ0n) is 13.8. The van der Waals surface area contributed by atoms with Crippen molar-refractivity contribution in [2.45, 2.75) is 13.5 Å². The summed E-state index contributed by atoms with van der Waals surface area (Å²) in [5, 5.41) is 3.41. The fourth-order valence-electron chi connectivity index (χ4n) is 2.84. The highest BCUT2D eigenvalue weighted by atomic mass is 19.1. The van der Waals surface area contributed by atoms with Crippen LogP contribution in [0, 0.1) is 12.7 Å². The highest BCUT2D eigenvalue weighted by molar-refractivity contribution is 6.01. The smallest absolute Gasteiger partial charge is 0.297 e. The molecular formula is C19H14FN3O3. The van der Waals surface area contributed by atoms with Gasteiger partial charge in [0.05, 0.1) is 6.33 Å². The Labute approximate surface area is 146 Å². The number of para-hydroxylation sites is 1. The molecule has 0 fully saturated rings. The van der Waals surface area contributed by atoms with Crippen LogP contribution in [0.15, 0.2) is 58.0 Å². The number of fused-ring (bicyclic) bond motifs is 3. The summed E-state index contributed by atoms with van der Waals surface area (Å²) in [5.41, 5.74) is 1.79. The van der Waals surface area contributed by atoms with Crippen LogP contribution in [0.2, 0.25) is 0 Å². The molecule has 0 spiro atoms. The van der Waals surface area contributed by atoms with Gasteiger partial charge in [-0.15, -0.1) is 0 Å². The Kier molecular flexibility index (Phi) is 3.76. The molecule has 0 unspecified atom stereocenters. The van der Waals surface area contributed by atoms with Gasteiger partial charge in [0.2, 0.25) is 11.5 Å². The molecule has 1 amide bonds. The van der Waals surface area contributed by atoms with Crippen molar-refractivity contribution in [3.63, 3.8) is 0 Å². The van der Waals surface area contributed by atoms with Gasteiger partial charge in [0.15, 0.2) is 0 Å². The Morgan fingerprint density at radius 2 is 2.08 bits per heavy atom. The molecule has 130 valence electrons. The van der Waals surface area contributed by atoms with E-state index >= 15 is 0 Å². The molecule has 0 aliphatic heterocycles. The van der Waals surface area contributed by atoms with Gasteiger partial charge in [-0.1, -0.05) is 12.1 Å². The number of nitrogens with zero attached hydrogens (tertiary/aromatic N) is 2. The van der Waals surface area contributed by atoms with Crippen LogP contribution >= 0.6 is 0 Å². The Morgan fingerprint density at radius 1 is 1.27 bits per heavy atom.